The van der Waals surface area contributed by atoms with Gasteiger partial charge in [0.05, 0.1) is 5.69 Å². The van der Waals surface area contributed by atoms with Crippen molar-refractivity contribution in [3.63, 3.8) is 0 Å². The molecule has 0 saturated carbocycles. The Bertz CT molecular complexity index is 929. The lowest BCUT2D eigenvalue weighted by molar-refractivity contribution is -0.111. The van der Waals surface area contributed by atoms with Gasteiger partial charge in [-0.25, -0.2) is 4.98 Å². The maximum atomic E-state index is 12.1. The van der Waals surface area contributed by atoms with Crippen molar-refractivity contribution >= 4 is 44.4 Å². The molecule has 132 valence electrons. The lowest BCUT2D eigenvalue weighted by atomic mass is 10.0. The zero-order valence-corrected chi connectivity index (χ0v) is 17.0. The van der Waals surface area contributed by atoms with Gasteiger partial charge in [0.2, 0.25) is 5.91 Å². The molecule has 0 aliphatic rings. The van der Waals surface area contributed by atoms with Crippen molar-refractivity contribution in [1.82, 2.24) is 4.98 Å². The van der Waals surface area contributed by atoms with E-state index in [4.69, 9.17) is 0 Å². The Hall–Kier alpha value is -2.24. The Morgan fingerprint density at radius 1 is 1.19 bits per heavy atom. The molecule has 3 rings (SSSR count). The minimum Gasteiger partial charge on any atom is -0.298 e. The number of nitrogens with zero attached hydrogens (tertiary/aromatic N) is 1. The van der Waals surface area contributed by atoms with E-state index in [-0.39, 0.29) is 5.91 Å². The van der Waals surface area contributed by atoms with Crippen molar-refractivity contribution in [2.45, 2.75) is 19.8 Å². The van der Waals surface area contributed by atoms with Gasteiger partial charge in [-0.2, -0.15) is 0 Å². The van der Waals surface area contributed by atoms with Gasteiger partial charge in [-0.3, -0.25) is 10.1 Å². The number of hydrogen-bond donors (Lipinski definition) is 1. The summed E-state index contributed by atoms with van der Waals surface area (Å²) in [5.41, 5.74) is 4.14. The van der Waals surface area contributed by atoms with Crippen molar-refractivity contribution in [3.05, 3.63) is 75.6 Å². The molecule has 0 fully saturated rings. The number of carbonyl (C=O) groups excluding carboxylic acids is 1. The van der Waals surface area contributed by atoms with Crippen LogP contribution in [0.5, 0.6) is 0 Å². The number of anilines is 1. The van der Waals surface area contributed by atoms with E-state index in [1.54, 1.807) is 0 Å². The molecule has 2 aromatic carbocycles. The molecule has 1 heterocycles. The number of rotatable bonds is 5. The van der Waals surface area contributed by atoms with Crippen molar-refractivity contribution in [3.8, 4) is 11.3 Å². The third kappa shape index (κ3) is 4.90. The van der Waals surface area contributed by atoms with Crippen LogP contribution < -0.4 is 5.32 Å². The van der Waals surface area contributed by atoms with Gasteiger partial charge in [0, 0.05) is 21.5 Å². The van der Waals surface area contributed by atoms with Gasteiger partial charge in [-0.1, -0.05) is 66.2 Å². The van der Waals surface area contributed by atoms with E-state index in [2.05, 4.69) is 52.2 Å². The highest BCUT2D eigenvalue weighted by Crippen LogP contribution is 2.26. The van der Waals surface area contributed by atoms with E-state index in [1.807, 2.05) is 47.9 Å². The smallest absolute Gasteiger partial charge is 0.250 e. The van der Waals surface area contributed by atoms with Crippen LogP contribution in [0.15, 0.2) is 64.5 Å². The number of aromatic nitrogens is 1. The van der Waals surface area contributed by atoms with Crippen molar-refractivity contribution in [1.29, 1.82) is 0 Å². The molecular weight excluding hydrogens is 408 g/mol. The summed E-state index contributed by atoms with van der Waals surface area (Å²) in [6, 6.07) is 16.2. The SMILES string of the molecule is CC(C)c1ccc(/C=C/C(=O)Nc2nc(-c3cccc(Br)c3)cs2)cc1. The molecule has 1 aromatic heterocycles. The summed E-state index contributed by atoms with van der Waals surface area (Å²) in [7, 11) is 0. The van der Waals surface area contributed by atoms with Crippen LogP contribution in [0.25, 0.3) is 17.3 Å². The molecule has 0 unspecified atom stereocenters. The number of thiazole rings is 1. The van der Waals surface area contributed by atoms with Crippen LogP contribution in [0.4, 0.5) is 5.13 Å². The minimum absolute atomic E-state index is 0.187. The monoisotopic (exact) mass is 426 g/mol. The largest absolute Gasteiger partial charge is 0.298 e. The Kier molecular flexibility index (Phi) is 6.01. The van der Waals surface area contributed by atoms with Gasteiger partial charge in [-0.15, -0.1) is 11.3 Å². The highest BCUT2D eigenvalue weighted by molar-refractivity contribution is 9.10. The summed E-state index contributed by atoms with van der Waals surface area (Å²) in [5, 5.41) is 5.34. The van der Waals surface area contributed by atoms with E-state index in [1.165, 1.54) is 23.0 Å². The molecule has 26 heavy (non-hydrogen) atoms. The second-order valence-electron chi connectivity index (χ2n) is 6.19. The number of carbonyl (C=O) groups is 1. The fourth-order valence-electron chi connectivity index (χ4n) is 2.42. The molecule has 0 aliphatic heterocycles. The normalized spacial score (nSPS) is 11.2. The summed E-state index contributed by atoms with van der Waals surface area (Å²) in [6.45, 7) is 4.32. The summed E-state index contributed by atoms with van der Waals surface area (Å²) in [4.78, 5) is 16.6. The zero-order valence-electron chi connectivity index (χ0n) is 14.6. The number of nitrogens with one attached hydrogen (secondary N) is 1. The molecule has 0 spiro atoms. The lowest BCUT2D eigenvalue weighted by Gasteiger charge is -2.04. The van der Waals surface area contributed by atoms with Gasteiger partial charge in [0.25, 0.3) is 0 Å². The zero-order chi connectivity index (χ0) is 18.5. The maximum absolute atomic E-state index is 12.1. The van der Waals surface area contributed by atoms with Gasteiger partial charge in [0.15, 0.2) is 5.13 Å². The van der Waals surface area contributed by atoms with Crippen LogP contribution in [0.1, 0.15) is 30.9 Å². The number of benzene rings is 2. The predicted molar refractivity (Wildman–Crippen MR) is 113 cm³/mol. The molecule has 0 radical (unpaired) electrons. The molecular formula is C21H19BrN2OS. The third-order valence-electron chi connectivity index (χ3n) is 3.88. The third-order valence-corrected chi connectivity index (χ3v) is 5.14. The fraction of sp³-hybridized carbons (Fsp3) is 0.143. The van der Waals surface area contributed by atoms with Crippen molar-refractivity contribution in [2.24, 2.45) is 0 Å². The van der Waals surface area contributed by atoms with Crippen LogP contribution in [0, 0.1) is 0 Å². The Labute approximate surface area is 165 Å². The number of halogens is 1. The molecule has 1 amide bonds. The van der Waals surface area contributed by atoms with Gasteiger partial charge in [-0.05, 0) is 35.3 Å². The number of hydrogen-bond acceptors (Lipinski definition) is 3. The summed E-state index contributed by atoms with van der Waals surface area (Å²) in [6.07, 6.45) is 3.34. The van der Waals surface area contributed by atoms with Crippen LogP contribution in [-0.4, -0.2) is 10.9 Å². The standard InChI is InChI=1S/C21H19BrN2OS/c1-14(2)16-9-6-15(7-10-16)8-11-20(25)24-21-23-19(13-26-21)17-4-3-5-18(22)12-17/h3-14H,1-2H3,(H,23,24,25)/b11-8+. The maximum Gasteiger partial charge on any atom is 0.250 e. The van der Waals surface area contributed by atoms with Crippen molar-refractivity contribution < 1.29 is 4.79 Å². The molecule has 5 heteroatoms. The van der Waals surface area contributed by atoms with Gasteiger partial charge in [0.1, 0.15) is 0 Å². The second kappa shape index (κ2) is 8.43. The molecule has 0 atom stereocenters. The van der Waals surface area contributed by atoms with Crippen LogP contribution in [-0.2, 0) is 4.79 Å². The molecule has 0 saturated heterocycles. The first kappa shape index (κ1) is 18.5. The topological polar surface area (TPSA) is 42.0 Å². The average Bonchev–Trinajstić information content (AvgIpc) is 3.09. The first-order valence-electron chi connectivity index (χ1n) is 8.32. The van der Waals surface area contributed by atoms with E-state index in [0.29, 0.717) is 11.0 Å². The minimum atomic E-state index is -0.187. The molecule has 1 N–H and O–H groups in total. The lowest BCUT2D eigenvalue weighted by Crippen LogP contribution is -2.07. The first-order chi connectivity index (χ1) is 12.5. The van der Waals surface area contributed by atoms with E-state index in [0.717, 1.165) is 21.3 Å². The Morgan fingerprint density at radius 3 is 2.65 bits per heavy atom. The Morgan fingerprint density at radius 2 is 1.96 bits per heavy atom. The van der Waals surface area contributed by atoms with E-state index < -0.39 is 0 Å². The van der Waals surface area contributed by atoms with Gasteiger partial charge < -0.3 is 0 Å². The average molecular weight is 427 g/mol. The fourth-order valence-corrected chi connectivity index (χ4v) is 3.54. The second-order valence-corrected chi connectivity index (χ2v) is 7.97. The van der Waals surface area contributed by atoms with Gasteiger partial charge >= 0.3 is 0 Å². The highest BCUT2D eigenvalue weighted by Gasteiger charge is 2.07. The van der Waals surface area contributed by atoms with E-state index in [9.17, 15) is 4.79 Å². The molecule has 0 bridgehead atoms. The first-order valence-corrected chi connectivity index (χ1v) is 9.99. The molecule has 3 aromatic rings. The molecule has 0 aliphatic carbocycles. The predicted octanol–water partition coefficient (Wildman–Crippen LogP) is 6.35. The quantitative estimate of drug-likeness (QED) is 0.482. The summed E-state index contributed by atoms with van der Waals surface area (Å²) >= 11 is 4.87. The van der Waals surface area contributed by atoms with Crippen LogP contribution >= 0.6 is 27.3 Å². The van der Waals surface area contributed by atoms with Crippen molar-refractivity contribution in [2.75, 3.05) is 5.32 Å². The molecule has 3 nitrogen and oxygen atoms in total. The van der Waals surface area contributed by atoms with E-state index >= 15 is 0 Å². The highest BCUT2D eigenvalue weighted by atomic mass is 79.9. The number of amides is 1. The summed E-state index contributed by atoms with van der Waals surface area (Å²) in [5.74, 6) is 0.314. The Balaban J connectivity index is 1.63. The van der Waals surface area contributed by atoms with Crippen LogP contribution in [0.3, 0.4) is 0 Å². The summed E-state index contributed by atoms with van der Waals surface area (Å²) < 4.78 is 1.00. The van der Waals surface area contributed by atoms with Crippen LogP contribution in [0.2, 0.25) is 0 Å².